The van der Waals surface area contributed by atoms with Gasteiger partial charge in [-0.05, 0) is 35.2 Å². The summed E-state index contributed by atoms with van der Waals surface area (Å²) in [4.78, 5) is 4.67. The highest BCUT2D eigenvalue weighted by molar-refractivity contribution is 7.93. The molecule has 0 aliphatic carbocycles. The van der Waals surface area contributed by atoms with Crippen molar-refractivity contribution in [3.05, 3.63) is 83.0 Å². The lowest BCUT2D eigenvalue weighted by Crippen LogP contribution is -2.26. The van der Waals surface area contributed by atoms with Crippen LogP contribution in [0.5, 0.6) is 0 Å². The van der Waals surface area contributed by atoms with Crippen LogP contribution in [0.15, 0.2) is 70.1 Å². The number of rotatable bonds is 4. The summed E-state index contributed by atoms with van der Waals surface area (Å²) < 4.78 is 32.7. The number of sulfonamides is 1. The Morgan fingerprint density at radius 2 is 1.82 bits per heavy atom. The molecule has 4 aromatic rings. The molecule has 0 fully saturated rings. The van der Waals surface area contributed by atoms with Gasteiger partial charge in [-0.1, -0.05) is 53.2 Å². The highest BCUT2D eigenvalue weighted by atomic mass is 35.5. The first-order chi connectivity index (χ1) is 13.5. The molecule has 1 aliphatic heterocycles. The van der Waals surface area contributed by atoms with Gasteiger partial charge in [0.05, 0.1) is 10.6 Å². The van der Waals surface area contributed by atoms with Crippen LogP contribution in [0.2, 0.25) is 5.02 Å². The molecule has 1 aromatic heterocycles. The van der Waals surface area contributed by atoms with Crippen molar-refractivity contribution in [2.75, 3.05) is 4.31 Å². The molecule has 8 heteroatoms. The van der Waals surface area contributed by atoms with Crippen molar-refractivity contribution in [1.82, 2.24) is 10.1 Å². The third kappa shape index (κ3) is 2.75. The van der Waals surface area contributed by atoms with Gasteiger partial charge in [0, 0.05) is 16.8 Å². The molecule has 0 amide bonds. The van der Waals surface area contributed by atoms with Crippen molar-refractivity contribution in [2.45, 2.75) is 17.9 Å². The molecule has 0 atom stereocenters. The third-order valence-electron chi connectivity index (χ3n) is 4.72. The first kappa shape index (κ1) is 17.2. The number of anilines is 1. The predicted molar refractivity (Wildman–Crippen MR) is 106 cm³/mol. The minimum Gasteiger partial charge on any atom is -0.337 e. The van der Waals surface area contributed by atoms with E-state index >= 15 is 0 Å². The van der Waals surface area contributed by atoms with E-state index in [-0.39, 0.29) is 12.4 Å². The Balaban J connectivity index is 1.46. The summed E-state index contributed by atoms with van der Waals surface area (Å²) in [6.45, 7) is -0.0152. The van der Waals surface area contributed by atoms with E-state index in [0.717, 1.165) is 16.3 Å². The molecule has 3 aromatic carbocycles. The van der Waals surface area contributed by atoms with Gasteiger partial charge in [0.1, 0.15) is 6.54 Å². The largest absolute Gasteiger partial charge is 0.337 e. The monoisotopic (exact) mass is 411 g/mol. The number of benzene rings is 3. The lowest BCUT2D eigenvalue weighted by molar-refractivity contribution is 0.375. The topological polar surface area (TPSA) is 76.3 Å². The van der Waals surface area contributed by atoms with Crippen molar-refractivity contribution in [1.29, 1.82) is 0 Å². The summed E-state index contributed by atoms with van der Waals surface area (Å²) in [5, 5.41) is 6.22. The van der Waals surface area contributed by atoms with E-state index in [9.17, 15) is 8.42 Å². The van der Waals surface area contributed by atoms with Gasteiger partial charge in [-0.2, -0.15) is 4.98 Å². The smallest absolute Gasteiger partial charge is 0.265 e. The molecule has 0 spiro atoms. The number of aromatic nitrogens is 2. The van der Waals surface area contributed by atoms with Crippen molar-refractivity contribution in [2.24, 2.45) is 0 Å². The fourth-order valence-corrected chi connectivity index (χ4v) is 5.38. The fraction of sp³-hybridized carbons (Fsp3) is 0.100. The second-order valence-corrected chi connectivity index (χ2v) is 8.82. The predicted octanol–water partition coefficient (Wildman–Crippen LogP) is 4.18. The van der Waals surface area contributed by atoms with Gasteiger partial charge in [-0.15, -0.1) is 0 Å². The summed E-state index contributed by atoms with van der Waals surface area (Å²) in [5.41, 5.74) is 1.58. The van der Waals surface area contributed by atoms with Crippen LogP contribution in [0.1, 0.15) is 17.3 Å². The third-order valence-corrected chi connectivity index (χ3v) is 6.76. The van der Waals surface area contributed by atoms with Gasteiger partial charge in [-0.3, -0.25) is 4.31 Å². The molecule has 140 valence electrons. The Hall–Kier alpha value is -2.90. The summed E-state index contributed by atoms with van der Waals surface area (Å²) in [5.74, 6) is 0.718. The second-order valence-electron chi connectivity index (χ2n) is 6.55. The fourth-order valence-electron chi connectivity index (χ4n) is 3.51. The van der Waals surface area contributed by atoms with Crippen LogP contribution in [0, 0.1) is 0 Å². The maximum Gasteiger partial charge on any atom is 0.265 e. The molecule has 0 saturated carbocycles. The van der Waals surface area contributed by atoms with Crippen LogP contribution < -0.4 is 4.31 Å². The first-order valence-electron chi connectivity index (χ1n) is 8.63. The second kappa shape index (κ2) is 6.32. The average Bonchev–Trinajstić information content (AvgIpc) is 3.20. The van der Waals surface area contributed by atoms with Crippen molar-refractivity contribution in [3.63, 3.8) is 0 Å². The molecule has 2 heterocycles. The standard InChI is InChI=1S/C20H14ClN3O3S/c21-15-7-1-4-13(10-15)11-18-22-19(27-23-18)12-24-16-8-2-5-14-6-3-9-17(20(14)16)28(24,25)26/h1-10H,11-12H2. The van der Waals surface area contributed by atoms with Crippen molar-refractivity contribution >= 4 is 38.1 Å². The highest BCUT2D eigenvalue weighted by Crippen LogP contribution is 2.42. The van der Waals surface area contributed by atoms with Gasteiger partial charge in [0.15, 0.2) is 5.82 Å². The van der Waals surface area contributed by atoms with Gasteiger partial charge in [0.25, 0.3) is 10.0 Å². The van der Waals surface area contributed by atoms with Crippen molar-refractivity contribution < 1.29 is 12.9 Å². The molecule has 6 nitrogen and oxygen atoms in total. The van der Waals surface area contributed by atoms with Crippen LogP contribution in [0.25, 0.3) is 10.8 Å². The van der Waals surface area contributed by atoms with Gasteiger partial charge in [0.2, 0.25) is 5.89 Å². The van der Waals surface area contributed by atoms with Gasteiger partial charge >= 0.3 is 0 Å². The Morgan fingerprint density at radius 1 is 1.04 bits per heavy atom. The number of nitrogens with zero attached hydrogens (tertiary/aromatic N) is 3. The van der Waals surface area contributed by atoms with E-state index in [4.69, 9.17) is 16.1 Å². The lowest BCUT2D eigenvalue weighted by atomic mass is 10.1. The summed E-state index contributed by atoms with van der Waals surface area (Å²) in [6.07, 6.45) is 0.451. The van der Waals surface area contributed by atoms with E-state index in [1.165, 1.54) is 4.31 Å². The molecule has 0 radical (unpaired) electrons. The molecule has 1 aliphatic rings. The molecular formula is C20H14ClN3O3S. The summed E-state index contributed by atoms with van der Waals surface area (Å²) in [7, 11) is -3.66. The maximum absolute atomic E-state index is 13.0. The van der Waals surface area contributed by atoms with E-state index in [1.807, 2.05) is 36.4 Å². The molecule has 5 rings (SSSR count). The Kier molecular flexibility index (Phi) is 3.89. The molecule has 28 heavy (non-hydrogen) atoms. The summed E-state index contributed by atoms with van der Waals surface area (Å²) >= 11 is 6.01. The Labute approximate surface area is 166 Å². The molecular weight excluding hydrogens is 398 g/mol. The quantitative estimate of drug-likeness (QED) is 0.503. The normalized spacial score (nSPS) is 14.7. The zero-order chi connectivity index (χ0) is 19.3. The Morgan fingerprint density at radius 3 is 2.64 bits per heavy atom. The maximum atomic E-state index is 13.0. The average molecular weight is 412 g/mol. The van der Waals surface area contributed by atoms with Crippen LogP contribution in [-0.4, -0.2) is 18.6 Å². The highest BCUT2D eigenvalue weighted by Gasteiger charge is 2.36. The lowest BCUT2D eigenvalue weighted by Gasteiger charge is -2.16. The number of halogens is 1. The molecule has 0 unspecified atom stereocenters. The number of hydrogen-bond acceptors (Lipinski definition) is 5. The zero-order valence-corrected chi connectivity index (χ0v) is 16.1. The summed E-state index contributed by atoms with van der Waals surface area (Å²) in [6, 6.07) is 18.2. The van der Waals surface area contributed by atoms with Crippen LogP contribution >= 0.6 is 11.6 Å². The SMILES string of the molecule is O=S1(=O)c2cccc3cccc(c23)N1Cc1nc(Cc2cccc(Cl)c2)no1. The first-order valence-corrected chi connectivity index (χ1v) is 10.4. The van der Waals surface area contributed by atoms with E-state index < -0.39 is 10.0 Å². The Bertz CT molecular complexity index is 1310. The van der Waals surface area contributed by atoms with Gasteiger partial charge < -0.3 is 4.52 Å². The van der Waals surface area contributed by atoms with Crippen LogP contribution in [0.3, 0.4) is 0 Å². The van der Waals surface area contributed by atoms with Crippen molar-refractivity contribution in [3.8, 4) is 0 Å². The molecule has 0 N–H and O–H groups in total. The zero-order valence-electron chi connectivity index (χ0n) is 14.5. The minimum absolute atomic E-state index is 0.0152. The minimum atomic E-state index is -3.66. The van der Waals surface area contributed by atoms with Crippen LogP contribution in [0.4, 0.5) is 5.69 Å². The van der Waals surface area contributed by atoms with E-state index in [1.54, 1.807) is 24.3 Å². The van der Waals surface area contributed by atoms with E-state index in [2.05, 4.69) is 10.1 Å². The molecule has 0 bridgehead atoms. The van der Waals surface area contributed by atoms with Gasteiger partial charge in [-0.25, -0.2) is 8.42 Å². The number of hydrogen-bond donors (Lipinski definition) is 0. The van der Waals surface area contributed by atoms with E-state index in [0.29, 0.717) is 27.9 Å². The molecule has 0 saturated heterocycles. The van der Waals surface area contributed by atoms with Crippen LogP contribution in [-0.2, 0) is 23.0 Å².